The first-order valence-electron chi connectivity index (χ1n) is 10.5. The molecule has 0 saturated carbocycles. The van der Waals surface area contributed by atoms with E-state index >= 15 is 0 Å². The third-order valence-electron chi connectivity index (χ3n) is 5.22. The largest absolute Gasteiger partial charge is 0.444 e. The van der Waals surface area contributed by atoms with Crippen LogP contribution < -0.4 is 0 Å². The molecule has 2 heterocycles. The molecular formula is C24H25FN2O4S2. The Labute approximate surface area is 196 Å². The second kappa shape index (κ2) is 8.53. The van der Waals surface area contributed by atoms with Crippen LogP contribution in [-0.2, 0) is 14.6 Å². The normalized spacial score (nSPS) is 14.9. The lowest BCUT2D eigenvalue weighted by Crippen LogP contribution is -2.39. The van der Waals surface area contributed by atoms with E-state index in [1.54, 1.807) is 4.90 Å². The van der Waals surface area contributed by atoms with E-state index in [2.05, 4.69) is 4.98 Å². The molecular weight excluding hydrogens is 463 g/mol. The van der Waals surface area contributed by atoms with E-state index in [0.717, 1.165) is 33.7 Å². The summed E-state index contributed by atoms with van der Waals surface area (Å²) in [5, 5.41) is 0.494. The van der Waals surface area contributed by atoms with Gasteiger partial charge in [0.1, 0.15) is 16.4 Å². The van der Waals surface area contributed by atoms with Crippen molar-refractivity contribution < 1.29 is 22.3 Å². The maximum Gasteiger partial charge on any atom is 0.410 e. The van der Waals surface area contributed by atoms with Gasteiger partial charge in [-0.05, 0) is 68.7 Å². The SMILES string of the molecule is CC(C)(C)OC(=O)N1CC=C(c2ccc3sc(-c4ccc(S(C)(=O)=O)cc4F)nc3c2)CC1. The van der Waals surface area contributed by atoms with Crippen LogP contribution in [0.15, 0.2) is 47.4 Å². The Hall–Kier alpha value is -2.78. The summed E-state index contributed by atoms with van der Waals surface area (Å²) in [4.78, 5) is 18.5. The number of amides is 1. The number of carbonyl (C=O) groups excluding carboxylic acids is 1. The van der Waals surface area contributed by atoms with Crippen molar-refractivity contribution in [2.24, 2.45) is 0 Å². The summed E-state index contributed by atoms with van der Waals surface area (Å²) in [7, 11) is -3.48. The molecule has 174 valence electrons. The molecule has 0 radical (unpaired) electrons. The lowest BCUT2D eigenvalue weighted by atomic mass is 9.99. The highest BCUT2D eigenvalue weighted by atomic mass is 32.2. The fourth-order valence-corrected chi connectivity index (χ4v) is 5.17. The number of fused-ring (bicyclic) bond motifs is 1. The highest BCUT2D eigenvalue weighted by Gasteiger charge is 2.24. The van der Waals surface area contributed by atoms with E-state index in [4.69, 9.17) is 4.74 Å². The average Bonchev–Trinajstić information content (AvgIpc) is 3.15. The predicted molar refractivity (Wildman–Crippen MR) is 129 cm³/mol. The lowest BCUT2D eigenvalue weighted by Gasteiger charge is -2.29. The van der Waals surface area contributed by atoms with Crippen LogP contribution in [0.5, 0.6) is 0 Å². The number of rotatable bonds is 3. The van der Waals surface area contributed by atoms with Gasteiger partial charge in [0.2, 0.25) is 0 Å². The summed E-state index contributed by atoms with van der Waals surface area (Å²) in [6, 6.07) is 9.81. The fourth-order valence-electron chi connectivity index (χ4n) is 3.57. The van der Waals surface area contributed by atoms with Gasteiger partial charge in [0, 0.05) is 24.9 Å². The Balaban J connectivity index is 1.56. The second-order valence-corrected chi connectivity index (χ2v) is 12.1. The monoisotopic (exact) mass is 488 g/mol. The summed E-state index contributed by atoms with van der Waals surface area (Å²) in [5.74, 6) is -0.616. The molecule has 1 amide bonds. The van der Waals surface area contributed by atoms with Crippen LogP contribution in [0.4, 0.5) is 9.18 Å². The highest BCUT2D eigenvalue weighted by Crippen LogP contribution is 2.34. The predicted octanol–water partition coefficient (Wildman–Crippen LogP) is 5.53. The van der Waals surface area contributed by atoms with Crippen molar-refractivity contribution in [3.8, 4) is 10.6 Å². The van der Waals surface area contributed by atoms with E-state index in [1.165, 1.54) is 23.5 Å². The number of halogens is 1. The highest BCUT2D eigenvalue weighted by molar-refractivity contribution is 7.90. The maximum absolute atomic E-state index is 14.6. The fraction of sp³-hybridized carbons (Fsp3) is 0.333. The maximum atomic E-state index is 14.6. The van der Waals surface area contributed by atoms with E-state index in [9.17, 15) is 17.6 Å². The smallest absolute Gasteiger partial charge is 0.410 e. The molecule has 6 nitrogen and oxygen atoms in total. The zero-order valence-corrected chi connectivity index (χ0v) is 20.5. The Kier molecular flexibility index (Phi) is 6.05. The molecule has 0 N–H and O–H groups in total. The molecule has 0 unspecified atom stereocenters. The number of sulfone groups is 1. The molecule has 1 aliphatic heterocycles. The Morgan fingerprint density at radius 1 is 1.18 bits per heavy atom. The molecule has 0 spiro atoms. The number of nitrogens with zero attached hydrogens (tertiary/aromatic N) is 2. The first kappa shape index (κ1) is 23.4. The van der Waals surface area contributed by atoms with Gasteiger partial charge in [-0.25, -0.2) is 22.6 Å². The summed E-state index contributed by atoms with van der Waals surface area (Å²) in [5.41, 5.74) is 2.62. The Morgan fingerprint density at radius 2 is 1.94 bits per heavy atom. The standard InChI is InChI=1S/C24H25FN2O4S2/c1-24(2,3)31-23(28)27-11-9-15(10-12-27)16-5-8-21-20(13-16)26-22(32-21)18-7-6-17(14-19(18)25)33(4,29)30/h5-9,13-14H,10-12H2,1-4H3. The Morgan fingerprint density at radius 3 is 2.55 bits per heavy atom. The zero-order chi connectivity index (χ0) is 24.0. The topological polar surface area (TPSA) is 76.6 Å². The molecule has 2 aromatic carbocycles. The Bertz CT molecular complexity index is 1370. The van der Waals surface area contributed by atoms with Crippen LogP contribution in [0.25, 0.3) is 26.4 Å². The summed E-state index contributed by atoms with van der Waals surface area (Å²) < 4.78 is 44.3. The molecule has 0 atom stereocenters. The van der Waals surface area contributed by atoms with Crippen molar-refractivity contribution in [2.75, 3.05) is 19.3 Å². The number of thiazole rings is 1. The van der Waals surface area contributed by atoms with Crippen LogP contribution in [0.3, 0.4) is 0 Å². The molecule has 3 aromatic rings. The van der Waals surface area contributed by atoms with Crippen molar-refractivity contribution in [1.82, 2.24) is 9.88 Å². The summed E-state index contributed by atoms with van der Waals surface area (Å²) >= 11 is 1.35. The van der Waals surface area contributed by atoms with Crippen LogP contribution in [0, 0.1) is 5.82 Å². The number of aromatic nitrogens is 1. The molecule has 4 rings (SSSR count). The van der Waals surface area contributed by atoms with Gasteiger partial charge < -0.3 is 9.64 Å². The minimum absolute atomic E-state index is 0.0585. The molecule has 0 saturated heterocycles. The van der Waals surface area contributed by atoms with Gasteiger partial charge in [-0.2, -0.15) is 0 Å². The van der Waals surface area contributed by atoms with Crippen LogP contribution in [-0.4, -0.2) is 49.3 Å². The quantitative estimate of drug-likeness (QED) is 0.484. The molecule has 1 aliphatic rings. The zero-order valence-electron chi connectivity index (χ0n) is 18.9. The first-order valence-corrected chi connectivity index (χ1v) is 13.2. The van der Waals surface area contributed by atoms with E-state index in [0.29, 0.717) is 24.5 Å². The van der Waals surface area contributed by atoms with Crippen molar-refractivity contribution in [3.63, 3.8) is 0 Å². The van der Waals surface area contributed by atoms with E-state index in [-0.39, 0.29) is 16.6 Å². The van der Waals surface area contributed by atoms with Crippen molar-refractivity contribution in [1.29, 1.82) is 0 Å². The van der Waals surface area contributed by atoms with Gasteiger partial charge >= 0.3 is 6.09 Å². The summed E-state index contributed by atoms with van der Waals surface area (Å²) in [6.45, 7) is 6.58. The third kappa shape index (κ3) is 5.25. The van der Waals surface area contributed by atoms with Gasteiger partial charge in [-0.1, -0.05) is 12.1 Å². The van der Waals surface area contributed by atoms with E-state index < -0.39 is 21.3 Å². The first-order chi connectivity index (χ1) is 15.4. The third-order valence-corrected chi connectivity index (χ3v) is 7.40. The van der Waals surface area contributed by atoms with Crippen LogP contribution in [0.2, 0.25) is 0 Å². The number of benzene rings is 2. The van der Waals surface area contributed by atoms with Crippen LogP contribution in [0.1, 0.15) is 32.8 Å². The number of hydrogen-bond donors (Lipinski definition) is 0. The van der Waals surface area contributed by atoms with E-state index in [1.807, 2.05) is 45.0 Å². The molecule has 0 fully saturated rings. The minimum atomic E-state index is -3.48. The average molecular weight is 489 g/mol. The van der Waals surface area contributed by atoms with Gasteiger partial charge in [-0.15, -0.1) is 11.3 Å². The van der Waals surface area contributed by atoms with Gasteiger partial charge in [-0.3, -0.25) is 0 Å². The van der Waals surface area contributed by atoms with Crippen molar-refractivity contribution >= 4 is 43.1 Å². The summed E-state index contributed by atoms with van der Waals surface area (Å²) in [6.07, 6.45) is 3.45. The van der Waals surface area contributed by atoms with Gasteiger partial charge in [0.05, 0.1) is 15.1 Å². The van der Waals surface area contributed by atoms with Gasteiger partial charge in [0.25, 0.3) is 0 Å². The van der Waals surface area contributed by atoms with Crippen molar-refractivity contribution in [2.45, 2.75) is 37.7 Å². The molecule has 0 aliphatic carbocycles. The second-order valence-electron chi connectivity index (χ2n) is 9.02. The number of carbonyl (C=O) groups is 1. The molecule has 1 aromatic heterocycles. The number of ether oxygens (including phenoxy) is 1. The lowest BCUT2D eigenvalue weighted by molar-refractivity contribution is 0.0270. The van der Waals surface area contributed by atoms with Crippen molar-refractivity contribution in [3.05, 3.63) is 53.9 Å². The van der Waals surface area contributed by atoms with Gasteiger partial charge in [0.15, 0.2) is 9.84 Å². The van der Waals surface area contributed by atoms with Crippen LogP contribution >= 0.6 is 11.3 Å². The number of hydrogen-bond acceptors (Lipinski definition) is 6. The molecule has 0 bridgehead atoms. The minimum Gasteiger partial charge on any atom is -0.444 e. The molecule has 33 heavy (non-hydrogen) atoms. The molecule has 9 heteroatoms.